The second-order valence-corrected chi connectivity index (χ2v) is 5.32. The number of hydrogen-bond donors (Lipinski definition) is 2. The first-order chi connectivity index (χ1) is 7.63. The molecule has 0 bridgehead atoms. The zero-order valence-electron chi connectivity index (χ0n) is 9.54. The molecular weight excluding hydrogens is 222 g/mol. The van der Waals surface area contributed by atoms with Crippen LogP contribution in [0.1, 0.15) is 31.2 Å². The van der Waals surface area contributed by atoms with E-state index in [0.717, 1.165) is 24.4 Å². The molecular formula is C13H18ClNO. The molecule has 2 atom stereocenters. The zero-order valence-corrected chi connectivity index (χ0v) is 10.3. The predicted molar refractivity (Wildman–Crippen MR) is 66.9 cm³/mol. The van der Waals surface area contributed by atoms with Crippen molar-refractivity contribution < 1.29 is 5.11 Å². The summed E-state index contributed by atoms with van der Waals surface area (Å²) in [6.07, 6.45) is 2.10. The molecule has 0 aliphatic carbocycles. The smallest absolute Gasteiger partial charge is 0.0610 e. The predicted octanol–water partition coefficient (Wildman–Crippen LogP) is 2.56. The molecule has 1 aromatic rings. The van der Waals surface area contributed by atoms with Gasteiger partial charge in [0.25, 0.3) is 0 Å². The van der Waals surface area contributed by atoms with Crippen molar-refractivity contribution in [3.05, 3.63) is 34.9 Å². The summed E-state index contributed by atoms with van der Waals surface area (Å²) in [5.41, 5.74) is 1.19. The lowest BCUT2D eigenvalue weighted by Crippen LogP contribution is -2.50. The maximum atomic E-state index is 9.38. The molecule has 1 saturated heterocycles. The number of nitrogens with one attached hydrogen (secondary N) is 1. The molecule has 88 valence electrons. The summed E-state index contributed by atoms with van der Waals surface area (Å²) < 4.78 is 0. The van der Waals surface area contributed by atoms with E-state index in [1.807, 2.05) is 12.1 Å². The number of benzene rings is 1. The van der Waals surface area contributed by atoms with E-state index in [2.05, 4.69) is 24.4 Å². The lowest BCUT2D eigenvalue weighted by Gasteiger charge is -2.38. The fraction of sp³-hybridized carbons (Fsp3) is 0.538. The molecule has 1 heterocycles. The summed E-state index contributed by atoms with van der Waals surface area (Å²) in [5, 5.41) is 13.5. The molecule has 3 heteroatoms. The van der Waals surface area contributed by atoms with Gasteiger partial charge >= 0.3 is 0 Å². The van der Waals surface area contributed by atoms with Crippen LogP contribution in [0, 0.1) is 0 Å². The highest BCUT2D eigenvalue weighted by molar-refractivity contribution is 6.30. The Morgan fingerprint density at radius 2 is 2.12 bits per heavy atom. The average molecular weight is 240 g/mol. The number of piperidine rings is 1. The molecule has 0 amide bonds. The van der Waals surface area contributed by atoms with Crippen LogP contribution in [0.25, 0.3) is 0 Å². The van der Waals surface area contributed by atoms with Gasteiger partial charge in [0.1, 0.15) is 0 Å². The lowest BCUT2D eigenvalue weighted by atomic mass is 9.80. The molecule has 0 saturated carbocycles. The molecule has 1 aromatic carbocycles. The number of aliphatic hydroxyl groups is 1. The van der Waals surface area contributed by atoms with E-state index < -0.39 is 0 Å². The fourth-order valence-electron chi connectivity index (χ4n) is 2.41. The first-order valence-electron chi connectivity index (χ1n) is 5.74. The van der Waals surface area contributed by atoms with Gasteiger partial charge in [0.2, 0.25) is 0 Å². The van der Waals surface area contributed by atoms with E-state index in [4.69, 9.17) is 11.6 Å². The third-order valence-electron chi connectivity index (χ3n) is 3.43. The van der Waals surface area contributed by atoms with E-state index >= 15 is 0 Å². The van der Waals surface area contributed by atoms with Gasteiger partial charge in [-0.15, -0.1) is 0 Å². The minimum Gasteiger partial charge on any atom is -0.394 e. The lowest BCUT2D eigenvalue weighted by molar-refractivity contribution is 0.137. The van der Waals surface area contributed by atoms with Gasteiger partial charge in [-0.25, -0.2) is 0 Å². The van der Waals surface area contributed by atoms with Crippen LogP contribution in [0.4, 0.5) is 0 Å². The molecule has 16 heavy (non-hydrogen) atoms. The maximum Gasteiger partial charge on any atom is 0.0610 e. The third kappa shape index (κ3) is 2.57. The summed E-state index contributed by atoms with van der Waals surface area (Å²) in [7, 11) is 0. The molecule has 2 nitrogen and oxygen atoms in total. The van der Waals surface area contributed by atoms with Crippen LogP contribution in [0.3, 0.4) is 0 Å². The number of aliphatic hydroxyl groups excluding tert-OH is 1. The Labute approximate surface area is 102 Å². The van der Waals surface area contributed by atoms with Crippen LogP contribution in [0.2, 0.25) is 5.02 Å². The molecule has 0 aromatic heterocycles. The van der Waals surface area contributed by atoms with E-state index in [1.54, 1.807) is 0 Å². The first kappa shape index (κ1) is 11.9. The molecule has 2 N–H and O–H groups in total. The summed E-state index contributed by atoms with van der Waals surface area (Å²) in [5.74, 6) is 0.524. The van der Waals surface area contributed by atoms with Gasteiger partial charge in [-0.1, -0.05) is 23.7 Å². The Kier molecular flexibility index (Phi) is 3.53. The molecule has 2 rings (SSSR count). The van der Waals surface area contributed by atoms with Crippen molar-refractivity contribution in [2.24, 2.45) is 0 Å². The summed E-state index contributed by atoms with van der Waals surface area (Å²) in [6.45, 7) is 3.23. The Balaban J connectivity index is 2.12. The van der Waals surface area contributed by atoms with Crippen molar-refractivity contribution in [1.29, 1.82) is 0 Å². The molecule has 0 radical (unpaired) electrons. The van der Waals surface area contributed by atoms with Crippen LogP contribution in [-0.2, 0) is 0 Å². The standard InChI is InChI=1S/C13H18ClNO/c1-13(9-16)8-11(6-7-15-13)10-2-4-12(14)5-3-10/h2-5,11,15-16H,6-9H2,1H3. The average Bonchev–Trinajstić information content (AvgIpc) is 2.30. The topological polar surface area (TPSA) is 32.3 Å². The van der Waals surface area contributed by atoms with Crippen LogP contribution < -0.4 is 5.32 Å². The number of halogens is 1. The van der Waals surface area contributed by atoms with Gasteiger partial charge in [-0.05, 0) is 49.9 Å². The van der Waals surface area contributed by atoms with Crippen molar-refractivity contribution >= 4 is 11.6 Å². The van der Waals surface area contributed by atoms with E-state index in [-0.39, 0.29) is 12.1 Å². The first-order valence-corrected chi connectivity index (χ1v) is 6.12. The Morgan fingerprint density at radius 1 is 1.44 bits per heavy atom. The van der Waals surface area contributed by atoms with Crippen LogP contribution >= 0.6 is 11.6 Å². The maximum absolute atomic E-state index is 9.38. The zero-order chi connectivity index (χ0) is 11.6. The van der Waals surface area contributed by atoms with Gasteiger partial charge in [0.05, 0.1) is 6.61 Å². The van der Waals surface area contributed by atoms with Crippen LogP contribution in [0.15, 0.2) is 24.3 Å². The molecule has 1 aliphatic heterocycles. The minimum absolute atomic E-state index is 0.136. The Hall–Kier alpha value is -0.570. The van der Waals surface area contributed by atoms with Crippen molar-refractivity contribution in [1.82, 2.24) is 5.32 Å². The van der Waals surface area contributed by atoms with Crippen molar-refractivity contribution in [3.8, 4) is 0 Å². The van der Waals surface area contributed by atoms with Crippen molar-refractivity contribution in [3.63, 3.8) is 0 Å². The summed E-state index contributed by atoms with van der Waals surface area (Å²) in [6, 6.07) is 8.07. The minimum atomic E-state index is -0.136. The molecule has 1 aliphatic rings. The van der Waals surface area contributed by atoms with Gasteiger partial charge in [-0.2, -0.15) is 0 Å². The number of hydrogen-bond acceptors (Lipinski definition) is 2. The normalized spacial score (nSPS) is 30.3. The summed E-state index contributed by atoms with van der Waals surface area (Å²) in [4.78, 5) is 0. The van der Waals surface area contributed by atoms with Crippen LogP contribution in [-0.4, -0.2) is 23.8 Å². The van der Waals surface area contributed by atoms with Gasteiger partial charge in [-0.3, -0.25) is 0 Å². The quantitative estimate of drug-likeness (QED) is 0.832. The summed E-state index contributed by atoms with van der Waals surface area (Å²) >= 11 is 5.88. The van der Waals surface area contributed by atoms with Gasteiger partial charge in [0.15, 0.2) is 0 Å². The van der Waals surface area contributed by atoms with Crippen LogP contribution in [0.5, 0.6) is 0 Å². The van der Waals surface area contributed by atoms with Crippen molar-refractivity contribution in [2.45, 2.75) is 31.2 Å². The van der Waals surface area contributed by atoms with Crippen molar-refractivity contribution in [2.75, 3.05) is 13.2 Å². The second-order valence-electron chi connectivity index (χ2n) is 4.89. The van der Waals surface area contributed by atoms with E-state index in [0.29, 0.717) is 5.92 Å². The third-order valence-corrected chi connectivity index (χ3v) is 3.68. The SMILES string of the molecule is CC1(CO)CC(c2ccc(Cl)cc2)CCN1. The molecule has 2 unspecified atom stereocenters. The number of rotatable bonds is 2. The fourth-order valence-corrected chi connectivity index (χ4v) is 2.53. The van der Waals surface area contributed by atoms with Gasteiger partial charge in [0, 0.05) is 10.6 Å². The van der Waals surface area contributed by atoms with E-state index in [1.165, 1.54) is 5.56 Å². The Bertz CT molecular complexity index is 351. The molecule has 0 spiro atoms. The Morgan fingerprint density at radius 3 is 2.75 bits per heavy atom. The monoisotopic (exact) mass is 239 g/mol. The highest BCUT2D eigenvalue weighted by atomic mass is 35.5. The largest absolute Gasteiger partial charge is 0.394 e. The second kappa shape index (κ2) is 4.74. The highest BCUT2D eigenvalue weighted by Crippen LogP contribution is 2.32. The van der Waals surface area contributed by atoms with E-state index in [9.17, 15) is 5.11 Å². The highest BCUT2D eigenvalue weighted by Gasteiger charge is 2.31. The molecule has 1 fully saturated rings. The van der Waals surface area contributed by atoms with Gasteiger partial charge < -0.3 is 10.4 Å².